The van der Waals surface area contributed by atoms with Crippen molar-refractivity contribution in [3.8, 4) is 0 Å². The lowest BCUT2D eigenvalue weighted by Crippen LogP contribution is -2.60. The van der Waals surface area contributed by atoms with Gasteiger partial charge in [0.15, 0.2) is 0 Å². The van der Waals surface area contributed by atoms with Gasteiger partial charge in [0, 0.05) is 51.4 Å². The van der Waals surface area contributed by atoms with Gasteiger partial charge in [-0.25, -0.2) is 4.79 Å². The Morgan fingerprint density at radius 1 is 0.260 bits per heavy atom. The minimum absolute atomic E-state index is 0.249. The van der Waals surface area contributed by atoms with Gasteiger partial charge >= 0.3 is 5.97 Å². The summed E-state index contributed by atoms with van der Waals surface area (Å²) < 4.78 is 0. The minimum Gasteiger partial charge on any atom is -0.480 e. The van der Waals surface area contributed by atoms with Crippen molar-refractivity contribution in [2.75, 3.05) is 0 Å². The lowest BCUT2D eigenvalue weighted by molar-refractivity contribution is -0.143. The summed E-state index contributed by atoms with van der Waals surface area (Å²) in [4.78, 5) is 200. The van der Waals surface area contributed by atoms with Gasteiger partial charge in [-0.05, 0) is 51.4 Å². The fourth-order valence-corrected chi connectivity index (χ4v) is 6.22. The first-order valence-corrected chi connectivity index (χ1v) is 22.3. The maximum Gasteiger partial charge on any atom is 0.326 e. The molecule has 0 aliphatic heterocycles. The molecule has 0 saturated carbocycles. The second-order valence-corrected chi connectivity index (χ2v) is 16.4. The molecule has 73 heavy (non-hydrogen) atoms. The quantitative estimate of drug-likeness (QED) is 0.0254. The number of primary amides is 8. The second-order valence-electron chi connectivity index (χ2n) is 16.4. The van der Waals surface area contributed by atoms with E-state index >= 15 is 0 Å². The summed E-state index contributed by atoms with van der Waals surface area (Å²) in [5, 5.41) is 25.1. The van der Waals surface area contributed by atoms with Crippen LogP contribution in [0.15, 0.2) is 0 Å². The Labute approximate surface area is 415 Å². The van der Waals surface area contributed by atoms with Gasteiger partial charge in [0.2, 0.25) is 88.6 Å². The van der Waals surface area contributed by atoms with Gasteiger partial charge in [-0.2, -0.15) is 0 Å². The van der Waals surface area contributed by atoms with Crippen LogP contribution in [-0.2, 0) is 76.7 Å². The third-order valence-corrected chi connectivity index (χ3v) is 10.2. The van der Waals surface area contributed by atoms with E-state index < -0.39 is 233 Å². The fourth-order valence-electron chi connectivity index (χ4n) is 6.22. The summed E-state index contributed by atoms with van der Waals surface area (Å²) in [7, 11) is 0. The third-order valence-electron chi connectivity index (χ3n) is 10.2. The third kappa shape index (κ3) is 28.7. The smallest absolute Gasteiger partial charge is 0.326 e. The van der Waals surface area contributed by atoms with Gasteiger partial charge < -0.3 is 93.9 Å². The molecule has 26 N–H and O–H groups in total. The Bertz CT molecular complexity index is 2090. The zero-order chi connectivity index (χ0) is 56.1. The zero-order valence-electron chi connectivity index (χ0n) is 39.6. The Balaban J connectivity index is 6.91. The summed E-state index contributed by atoms with van der Waals surface area (Å²) in [6, 6.07) is -13.8. The number of nitrogens with one attached hydrogen (secondary N) is 7. The van der Waals surface area contributed by atoms with Crippen LogP contribution >= 0.6 is 0 Å². The number of hydrogen-bond donors (Lipinski definition) is 17. The van der Waals surface area contributed by atoms with Gasteiger partial charge in [0.05, 0.1) is 6.04 Å². The number of hydrogen-bond acceptors (Lipinski definition) is 17. The molecular formula is C40H66N16O17. The van der Waals surface area contributed by atoms with Crippen LogP contribution in [-0.4, -0.2) is 148 Å². The number of carboxylic acids is 1. The number of amides is 15. The molecule has 0 aromatic rings. The predicted octanol–water partition coefficient (Wildman–Crippen LogP) is -10.1. The van der Waals surface area contributed by atoms with Gasteiger partial charge in [0.25, 0.3) is 0 Å². The summed E-state index contributed by atoms with van der Waals surface area (Å²) >= 11 is 0. The lowest BCUT2D eigenvalue weighted by atomic mass is 10.0. The Morgan fingerprint density at radius 2 is 0.411 bits per heavy atom. The Hall–Kier alpha value is -8.52. The van der Waals surface area contributed by atoms with Crippen molar-refractivity contribution in [2.24, 2.45) is 51.6 Å². The molecule has 0 rings (SSSR count). The molecule has 0 radical (unpaired) electrons. The van der Waals surface area contributed by atoms with Crippen molar-refractivity contribution in [3.63, 3.8) is 0 Å². The van der Waals surface area contributed by atoms with Gasteiger partial charge in [-0.1, -0.05) is 0 Å². The summed E-state index contributed by atoms with van der Waals surface area (Å²) in [5.74, 6) is -17.6. The van der Waals surface area contributed by atoms with Crippen molar-refractivity contribution in [3.05, 3.63) is 0 Å². The molecule has 0 unspecified atom stereocenters. The summed E-state index contributed by atoms with van der Waals surface area (Å²) in [6.07, 6.45) is -8.44. The van der Waals surface area contributed by atoms with E-state index in [1.807, 2.05) is 0 Å². The molecule has 408 valence electrons. The molecule has 0 aliphatic carbocycles. The maximum absolute atomic E-state index is 13.9. The molecular weight excluding hydrogens is 979 g/mol. The molecule has 0 heterocycles. The van der Waals surface area contributed by atoms with Crippen molar-refractivity contribution in [1.82, 2.24) is 37.2 Å². The van der Waals surface area contributed by atoms with E-state index in [9.17, 15) is 81.8 Å². The summed E-state index contributed by atoms with van der Waals surface area (Å²) in [5.41, 5.74) is 47.6. The molecule has 0 aromatic carbocycles. The molecule has 0 saturated heterocycles. The number of rotatable bonds is 39. The molecule has 0 spiro atoms. The van der Waals surface area contributed by atoms with Crippen LogP contribution in [0.3, 0.4) is 0 Å². The molecule has 0 aromatic heterocycles. The maximum atomic E-state index is 13.9. The monoisotopic (exact) mass is 1040 g/mol. The number of aliphatic carboxylic acids is 1. The van der Waals surface area contributed by atoms with Crippen molar-refractivity contribution >= 4 is 94.6 Å². The number of carbonyl (C=O) groups is 16. The molecule has 15 amide bonds. The molecule has 0 fully saturated rings. The van der Waals surface area contributed by atoms with E-state index in [1.165, 1.54) is 0 Å². The van der Waals surface area contributed by atoms with E-state index in [0.717, 1.165) is 0 Å². The highest BCUT2D eigenvalue weighted by Gasteiger charge is 2.35. The minimum atomic E-state index is -1.86. The van der Waals surface area contributed by atoms with Crippen LogP contribution in [0.2, 0.25) is 0 Å². The predicted molar refractivity (Wildman–Crippen MR) is 247 cm³/mol. The first-order valence-electron chi connectivity index (χ1n) is 22.3. The average molecular weight is 1050 g/mol. The SMILES string of the molecule is NC(=O)CC[C@H](NC(=O)[C@H](CCC(N)=O)NC(=O)[C@H](CCC(N)=O)NC(=O)[C@H](CCC(N)=O)NC(=O)[C@H](CCC(N)=O)NC(=O)[C@H](CCC(N)=O)N[13C](=O)[13C@H](CCC(N)=O)NC(=O)[C@@H](N)CCC(N)=O)C(=O)O. The highest BCUT2D eigenvalue weighted by molar-refractivity contribution is 5.98. The van der Waals surface area contributed by atoms with Crippen LogP contribution in [0.1, 0.15) is 103 Å². The standard InChI is InChI=1S/C40H66N16O17/c41-17(1-9-25(42)57)33(65)50-18(2-10-26(43)58)34(66)51-19(3-11-27(44)59)35(67)52-20(4-12-28(45)60)36(68)53-21(5-13-29(46)61)37(69)54-22(6-14-30(47)62)38(70)55-23(7-15-31(48)63)39(71)56-24(40(72)73)8-16-32(49)64/h17-24H,1-16,41H2,(H2,42,57)(H2,43,58)(H2,44,59)(H2,45,60)(H2,46,61)(H2,47,62)(H2,48,63)(H2,49,64)(H,50,65)(H,51,66)(H,52,67)(H,53,68)(H,54,69)(H,55,70)(H,56,71)(H,72,73)/t17-,18-,19-,20-,21-,22-,23-,24-/m0/s1/i18+1,34+1. The van der Waals surface area contributed by atoms with Crippen molar-refractivity contribution in [1.29, 1.82) is 0 Å². The van der Waals surface area contributed by atoms with Crippen molar-refractivity contribution < 1.29 is 81.8 Å². The largest absolute Gasteiger partial charge is 0.480 e. The molecule has 33 nitrogen and oxygen atoms in total. The second kappa shape index (κ2) is 33.1. The number of nitrogens with two attached hydrogens (primary N) is 9. The average Bonchev–Trinajstić information content (AvgIpc) is 3.28. The van der Waals surface area contributed by atoms with Gasteiger partial charge in [-0.3, -0.25) is 71.9 Å². The van der Waals surface area contributed by atoms with Crippen LogP contribution < -0.4 is 88.8 Å². The lowest BCUT2D eigenvalue weighted by Gasteiger charge is -2.28. The van der Waals surface area contributed by atoms with E-state index in [4.69, 9.17) is 51.6 Å². The number of carboxylic acid groups (broad SMARTS) is 1. The van der Waals surface area contributed by atoms with Gasteiger partial charge in [0.1, 0.15) is 42.3 Å². The topological polar surface area (TPSA) is 612 Å². The Kier molecular flexibility index (Phi) is 29.3. The first-order chi connectivity index (χ1) is 33.9. The molecule has 8 atom stereocenters. The zero-order valence-corrected chi connectivity index (χ0v) is 39.6. The normalized spacial score (nSPS) is 14.0. The fraction of sp³-hybridized carbons (Fsp3) is 0.600. The van der Waals surface area contributed by atoms with E-state index in [2.05, 4.69) is 37.2 Å². The van der Waals surface area contributed by atoms with Crippen LogP contribution in [0, 0.1) is 0 Å². The first kappa shape index (κ1) is 64.5. The van der Waals surface area contributed by atoms with Gasteiger partial charge in [-0.15, -0.1) is 0 Å². The highest BCUT2D eigenvalue weighted by Crippen LogP contribution is 2.10. The van der Waals surface area contributed by atoms with Crippen LogP contribution in [0.25, 0.3) is 0 Å². The highest BCUT2D eigenvalue weighted by atomic mass is 16.4. The molecule has 0 aliphatic rings. The van der Waals surface area contributed by atoms with Crippen molar-refractivity contribution in [2.45, 2.75) is 151 Å². The number of carbonyl (C=O) groups excluding carboxylic acids is 15. The van der Waals surface area contributed by atoms with E-state index in [0.29, 0.717) is 0 Å². The van der Waals surface area contributed by atoms with Crippen LogP contribution in [0.5, 0.6) is 0 Å². The molecule has 33 heteroatoms. The summed E-state index contributed by atoms with van der Waals surface area (Å²) in [6.45, 7) is 0. The van der Waals surface area contributed by atoms with E-state index in [-0.39, 0.29) is 12.8 Å². The molecule has 0 bridgehead atoms. The van der Waals surface area contributed by atoms with Crippen LogP contribution in [0.4, 0.5) is 0 Å². The van der Waals surface area contributed by atoms with E-state index in [1.54, 1.807) is 0 Å². The Morgan fingerprint density at radius 3 is 0.589 bits per heavy atom.